The zero-order valence-electron chi connectivity index (χ0n) is 25.8. The van der Waals surface area contributed by atoms with Gasteiger partial charge in [-0.3, -0.25) is 29.2 Å². The first-order chi connectivity index (χ1) is 19.4. The van der Waals surface area contributed by atoms with Gasteiger partial charge in [0.2, 0.25) is 5.91 Å². The molecule has 3 aliphatic rings. The van der Waals surface area contributed by atoms with Crippen LogP contribution in [0.2, 0.25) is 0 Å². The highest BCUT2D eigenvalue weighted by atomic mass is 32.2. The second kappa shape index (κ2) is 24.4. The number of piperazine rings is 2. The summed E-state index contributed by atoms with van der Waals surface area (Å²) in [6.45, 7) is 12.3. The van der Waals surface area contributed by atoms with Gasteiger partial charge in [-0.15, -0.1) is 11.8 Å². The average Bonchev–Trinajstić information content (AvgIpc) is 2.96. The first-order valence-electron chi connectivity index (χ1n) is 14.1. The molecule has 0 aromatic carbocycles. The van der Waals surface area contributed by atoms with Gasteiger partial charge in [0, 0.05) is 98.6 Å². The highest BCUT2D eigenvalue weighted by molar-refractivity contribution is 7.99. The van der Waals surface area contributed by atoms with E-state index in [1.165, 1.54) is 19.0 Å². The third-order valence-electron chi connectivity index (χ3n) is 7.03. The molecule has 0 bridgehead atoms. The Morgan fingerprint density at radius 3 is 1.45 bits per heavy atom. The summed E-state index contributed by atoms with van der Waals surface area (Å²) in [5.74, 6) is 3.43. The van der Waals surface area contributed by atoms with Gasteiger partial charge in [0.25, 0.3) is 0 Å². The van der Waals surface area contributed by atoms with Crippen LogP contribution in [0.4, 0.5) is 0 Å². The Balaban J connectivity index is 0.000000301. The van der Waals surface area contributed by atoms with Gasteiger partial charge in [0.15, 0.2) is 0 Å². The number of rotatable bonds is 13. The molecule has 0 aromatic heterocycles. The van der Waals surface area contributed by atoms with Crippen LogP contribution < -0.4 is 0 Å². The number of carbonyl (C=O) groups excluding carboxylic acids is 2. The lowest BCUT2D eigenvalue weighted by atomic mass is 9.93. The van der Waals surface area contributed by atoms with Crippen molar-refractivity contribution < 1.29 is 23.8 Å². The van der Waals surface area contributed by atoms with E-state index < -0.39 is 0 Å². The van der Waals surface area contributed by atoms with E-state index in [9.17, 15) is 9.59 Å². The number of hydrogen-bond donors (Lipinski definition) is 0. The van der Waals surface area contributed by atoms with E-state index in [-0.39, 0.29) is 5.91 Å². The van der Waals surface area contributed by atoms with Crippen molar-refractivity contribution >= 4 is 47.0 Å². The van der Waals surface area contributed by atoms with Gasteiger partial charge in [0.05, 0.1) is 31.7 Å². The molecule has 236 valence electrons. The van der Waals surface area contributed by atoms with E-state index in [0.29, 0.717) is 36.7 Å². The molecular weight excluding hydrogens is 571 g/mol. The molecule has 13 heteroatoms. The molecule has 0 unspecified atom stereocenters. The molecule has 1 amide bonds. The Kier molecular flexibility index (Phi) is 23.1. The van der Waals surface area contributed by atoms with Gasteiger partial charge in [-0.25, -0.2) is 0 Å². The van der Waals surface area contributed by atoms with Gasteiger partial charge in [-0.2, -0.15) is 23.5 Å². The Morgan fingerprint density at radius 2 is 1.02 bits per heavy atom. The Bertz CT molecular complexity index is 592. The predicted molar refractivity (Wildman–Crippen MR) is 171 cm³/mol. The number of hydrogen-bond acceptors (Lipinski definition) is 12. The molecule has 0 atom stereocenters. The summed E-state index contributed by atoms with van der Waals surface area (Å²) < 4.78 is 15.2. The minimum atomic E-state index is 0.259. The van der Waals surface area contributed by atoms with Gasteiger partial charge in [-0.05, 0) is 31.6 Å². The second-order valence-corrected chi connectivity index (χ2v) is 12.7. The van der Waals surface area contributed by atoms with Crippen molar-refractivity contribution in [1.29, 1.82) is 0 Å². The van der Waals surface area contributed by atoms with Crippen molar-refractivity contribution in [2.75, 3.05) is 143 Å². The summed E-state index contributed by atoms with van der Waals surface area (Å²) in [6, 6.07) is 0. The lowest BCUT2D eigenvalue weighted by Crippen LogP contribution is -2.49. The van der Waals surface area contributed by atoms with Crippen molar-refractivity contribution in [2.24, 2.45) is 5.92 Å². The van der Waals surface area contributed by atoms with Gasteiger partial charge in [0.1, 0.15) is 5.78 Å². The van der Waals surface area contributed by atoms with Crippen LogP contribution in [0.5, 0.6) is 0 Å². The molecule has 0 radical (unpaired) electrons. The van der Waals surface area contributed by atoms with Crippen LogP contribution >= 0.6 is 35.3 Å². The predicted octanol–water partition coefficient (Wildman–Crippen LogP) is 1.86. The lowest BCUT2D eigenvalue weighted by molar-refractivity contribution is -0.130. The maximum absolute atomic E-state index is 11.6. The number of ether oxygens (including phenoxy) is 3. The normalized spacial score (nSPS) is 19.9. The summed E-state index contributed by atoms with van der Waals surface area (Å²) in [5, 5.41) is 0. The molecule has 0 N–H and O–H groups in total. The molecule has 3 fully saturated rings. The molecule has 3 heterocycles. The zero-order valence-corrected chi connectivity index (χ0v) is 28.3. The number of carbonyl (C=O) groups is 2. The Labute approximate surface area is 256 Å². The molecule has 3 aliphatic heterocycles. The maximum atomic E-state index is 11.6. The summed E-state index contributed by atoms with van der Waals surface area (Å²) in [7, 11) is 5.17. The molecule has 0 spiro atoms. The quantitative estimate of drug-likeness (QED) is 0.300. The number of ketones is 1. The van der Waals surface area contributed by atoms with Crippen molar-refractivity contribution in [1.82, 2.24) is 24.5 Å². The molecule has 0 aliphatic carbocycles. The maximum Gasteiger partial charge on any atom is 0.232 e. The molecule has 0 saturated carbocycles. The molecule has 10 nitrogen and oxygen atoms in total. The SMILES string of the molecule is COCN1CCC(C(=O)CSC)CC1.COCN1CCN(C(=O)CSC)CC1.COCN1CCN(CSC)CC1. The number of likely N-dealkylation sites (tertiary alicyclic amines) is 1. The Hall–Kier alpha value is -0.0900. The Morgan fingerprint density at radius 1 is 0.600 bits per heavy atom. The van der Waals surface area contributed by atoms with E-state index >= 15 is 0 Å². The molecule has 0 aromatic rings. The number of Topliss-reactive ketones (excluding diaryl/α,β-unsaturated/α-hetero) is 1. The van der Waals surface area contributed by atoms with Crippen LogP contribution in [0.1, 0.15) is 12.8 Å². The van der Waals surface area contributed by atoms with Crippen LogP contribution in [0, 0.1) is 5.92 Å². The van der Waals surface area contributed by atoms with E-state index in [2.05, 4.69) is 25.9 Å². The number of piperidine rings is 1. The summed E-state index contributed by atoms with van der Waals surface area (Å²) in [5.41, 5.74) is 0. The smallest absolute Gasteiger partial charge is 0.232 e. The summed E-state index contributed by atoms with van der Waals surface area (Å²) in [4.78, 5) is 34.3. The van der Waals surface area contributed by atoms with Gasteiger partial charge >= 0.3 is 0 Å². The van der Waals surface area contributed by atoms with Crippen molar-refractivity contribution in [3.05, 3.63) is 0 Å². The average molecular weight is 626 g/mol. The van der Waals surface area contributed by atoms with E-state index in [4.69, 9.17) is 14.2 Å². The number of amides is 1. The van der Waals surface area contributed by atoms with Crippen LogP contribution in [0.25, 0.3) is 0 Å². The minimum absolute atomic E-state index is 0.259. The zero-order chi connectivity index (χ0) is 29.6. The molecule has 40 heavy (non-hydrogen) atoms. The van der Waals surface area contributed by atoms with Crippen LogP contribution in [-0.2, 0) is 23.8 Å². The number of nitrogens with zero attached hydrogens (tertiary/aromatic N) is 5. The topological polar surface area (TPSA) is 78.0 Å². The first-order valence-corrected chi connectivity index (χ1v) is 18.2. The van der Waals surface area contributed by atoms with Crippen LogP contribution in [-0.4, -0.2) is 179 Å². The lowest BCUT2D eigenvalue weighted by Gasteiger charge is -2.34. The monoisotopic (exact) mass is 625 g/mol. The number of methoxy groups -OCH3 is 3. The van der Waals surface area contributed by atoms with Crippen LogP contribution in [0.3, 0.4) is 0 Å². The van der Waals surface area contributed by atoms with Crippen molar-refractivity contribution in [3.8, 4) is 0 Å². The molecule has 3 saturated heterocycles. The first kappa shape index (κ1) is 37.9. The van der Waals surface area contributed by atoms with E-state index in [1.807, 2.05) is 29.2 Å². The highest BCUT2D eigenvalue weighted by Gasteiger charge is 2.24. The number of thioether (sulfide) groups is 3. The summed E-state index contributed by atoms with van der Waals surface area (Å²) >= 11 is 5.11. The third kappa shape index (κ3) is 16.5. The largest absolute Gasteiger partial charge is 0.369 e. The third-order valence-corrected chi connectivity index (χ3v) is 8.77. The van der Waals surface area contributed by atoms with Gasteiger partial charge in [-0.1, -0.05) is 0 Å². The van der Waals surface area contributed by atoms with Crippen molar-refractivity contribution in [2.45, 2.75) is 12.8 Å². The minimum Gasteiger partial charge on any atom is -0.369 e. The molecular formula is C27H55N5O5S3. The fourth-order valence-corrected chi connectivity index (χ4v) is 6.34. The second-order valence-electron chi connectivity index (χ2n) is 10.1. The summed E-state index contributed by atoms with van der Waals surface area (Å²) in [6.07, 6.45) is 8.10. The van der Waals surface area contributed by atoms with Crippen LogP contribution in [0.15, 0.2) is 0 Å². The molecule has 3 rings (SSSR count). The van der Waals surface area contributed by atoms with Gasteiger partial charge < -0.3 is 19.1 Å². The fraction of sp³-hybridized carbons (Fsp3) is 0.926. The van der Waals surface area contributed by atoms with E-state index in [1.54, 1.807) is 44.9 Å². The standard InChI is InChI=1S/C10H19NO2S.C9H18N2O2S.C8H18N2OS/c1-13-8-11-5-3-9(4-6-11)10(12)7-14-2;1-13-8-10-3-5-11(6-4-10)9(12)7-14-2;1-11-7-9-3-5-10(6-4-9)8-12-2/h9H,3-8H2,1-2H3;3-8H2,1-2H3;3-8H2,1-2H3. The van der Waals surface area contributed by atoms with Crippen molar-refractivity contribution in [3.63, 3.8) is 0 Å². The highest BCUT2D eigenvalue weighted by Crippen LogP contribution is 2.19. The van der Waals surface area contributed by atoms with E-state index in [0.717, 1.165) is 71.9 Å². The fourth-order valence-electron chi connectivity index (χ4n) is 4.76.